The quantitative estimate of drug-likeness (QED) is 0.0222. The first kappa shape index (κ1) is 99.1. The highest BCUT2D eigenvalue weighted by molar-refractivity contribution is 7.47. The number of unbranched alkanes of at least 4 members (excludes halogenated alkanes) is 54. The Kier molecular flexibility index (Phi) is 73.5. The smallest absolute Gasteiger partial charge is 0.462 e. The van der Waals surface area contributed by atoms with Crippen molar-refractivity contribution in [2.75, 3.05) is 39.6 Å². The number of phosphoric ester groups is 2. The van der Waals surface area contributed by atoms with E-state index >= 15 is 0 Å². The Morgan fingerprint density at radius 1 is 0.267 bits per heavy atom. The predicted octanol–water partition coefficient (Wildman–Crippen LogP) is 24.8. The van der Waals surface area contributed by atoms with E-state index in [2.05, 4.69) is 34.6 Å². The fourth-order valence-electron chi connectivity index (χ4n) is 12.8. The van der Waals surface area contributed by atoms with Crippen molar-refractivity contribution in [1.82, 2.24) is 0 Å². The summed E-state index contributed by atoms with van der Waals surface area (Å²) in [5.74, 6) is -1.43. The van der Waals surface area contributed by atoms with Gasteiger partial charge >= 0.3 is 39.5 Å². The van der Waals surface area contributed by atoms with Gasteiger partial charge in [0.25, 0.3) is 0 Å². The Labute approximate surface area is 619 Å². The van der Waals surface area contributed by atoms with Crippen molar-refractivity contribution in [3.05, 3.63) is 0 Å². The number of phosphoric acid groups is 2. The minimum Gasteiger partial charge on any atom is -0.462 e. The molecule has 0 aliphatic heterocycles. The highest BCUT2D eigenvalue weighted by atomic mass is 31.2. The van der Waals surface area contributed by atoms with Gasteiger partial charge in [0, 0.05) is 25.7 Å². The van der Waals surface area contributed by atoms with Crippen molar-refractivity contribution in [3.63, 3.8) is 0 Å². The van der Waals surface area contributed by atoms with Gasteiger partial charge < -0.3 is 33.8 Å². The molecule has 19 heteroatoms. The van der Waals surface area contributed by atoms with E-state index < -0.39 is 97.5 Å². The van der Waals surface area contributed by atoms with Crippen molar-refractivity contribution in [1.29, 1.82) is 0 Å². The third-order valence-electron chi connectivity index (χ3n) is 19.3. The Morgan fingerprint density at radius 2 is 0.455 bits per heavy atom. The van der Waals surface area contributed by atoms with Crippen LogP contribution in [0, 0.1) is 5.92 Å². The normalized spacial score (nSPS) is 13.8. The Hall–Kier alpha value is -1.94. The van der Waals surface area contributed by atoms with E-state index in [0.717, 1.165) is 96.3 Å². The largest absolute Gasteiger partial charge is 0.472 e. The maximum atomic E-state index is 13.1. The molecule has 17 nitrogen and oxygen atoms in total. The topological polar surface area (TPSA) is 237 Å². The zero-order valence-electron chi connectivity index (χ0n) is 66.1. The highest BCUT2D eigenvalue weighted by Crippen LogP contribution is 2.45. The lowest BCUT2D eigenvalue weighted by atomic mass is 10.0. The summed E-state index contributed by atoms with van der Waals surface area (Å²) >= 11 is 0. The average Bonchev–Trinajstić information content (AvgIpc) is 0.924. The predicted molar refractivity (Wildman–Crippen MR) is 414 cm³/mol. The van der Waals surface area contributed by atoms with Crippen LogP contribution in [0.4, 0.5) is 0 Å². The third kappa shape index (κ3) is 76.1. The van der Waals surface area contributed by atoms with Gasteiger partial charge in [-0.25, -0.2) is 9.13 Å². The lowest BCUT2D eigenvalue weighted by Crippen LogP contribution is -2.30. The summed E-state index contributed by atoms with van der Waals surface area (Å²) in [6.07, 6.45) is 66.9. The maximum Gasteiger partial charge on any atom is 0.472 e. The Bertz CT molecular complexity index is 1930. The van der Waals surface area contributed by atoms with E-state index in [-0.39, 0.29) is 25.7 Å². The molecule has 0 aliphatic carbocycles. The van der Waals surface area contributed by atoms with E-state index in [0.29, 0.717) is 31.6 Å². The molecular formula is C82H160O17P2. The summed E-state index contributed by atoms with van der Waals surface area (Å²) in [4.78, 5) is 73.0. The number of rotatable bonds is 82. The number of carbonyl (C=O) groups is 4. The monoisotopic (exact) mass is 1480 g/mol. The summed E-state index contributed by atoms with van der Waals surface area (Å²) in [6.45, 7) is 7.24. The summed E-state index contributed by atoms with van der Waals surface area (Å²) in [7, 11) is -9.92. The zero-order chi connectivity index (χ0) is 74.1. The molecule has 0 bridgehead atoms. The molecule has 0 aromatic carbocycles. The number of aliphatic hydroxyl groups is 1. The van der Waals surface area contributed by atoms with Crippen LogP contribution in [0.3, 0.4) is 0 Å². The van der Waals surface area contributed by atoms with Crippen molar-refractivity contribution in [3.8, 4) is 0 Å². The number of aliphatic hydroxyl groups excluding tert-OH is 1. The van der Waals surface area contributed by atoms with Crippen molar-refractivity contribution < 1.29 is 80.2 Å². The zero-order valence-corrected chi connectivity index (χ0v) is 67.8. The summed E-state index contributed by atoms with van der Waals surface area (Å²) in [6, 6.07) is 0. The van der Waals surface area contributed by atoms with Crippen LogP contribution in [0.25, 0.3) is 0 Å². The molecule has 3 N–H and O–H groups in total. The highest BCUT2D eigenvalue weighted by Gasteiger charge is 2.30. The molecule has 0 rings (SSSR count). The van der Waals surface area contributed by atoms with Crippen LogP contribution >= 0.6 is 15.6 Å². The van der Waals surface area contributed by atoms with Crippen LogP contribution in [0.1, 0.15) is 439 Å². The molecule has 0 saturated heterocycles. The van der Waals surface area contributed by atoms with Gasteiger partial charge in [-0.15, -0.1) is 0 Å². The van der Waals surface area contributed by atoms with Crippen molar-refractivity contribution in [2.45, 2.75) is 457 Å². The van der Waals surface area contributed by atoms with E-state index in [1.807, 2.05) is 0 Å². The minimum absolute atomic E-state index is 0.107. The van der Waals surface area contributed by atoms with Crippen LogP contribution in [-0.2, 0) is 65.4 Å². The van der Waals surface area contributed by atoms with Gasteiger partial charge in [-0.1, -0.05) is 388 Å². The lowest BCUT2D eigenvalue weighted by molar-refractivity contribution is -0.161. The molecule has 101 heavy (non-hydrogen) atoms. The number of ether oxygens (including phenoxy) is 4. The van der Waals surface area contributed by atoms with E-state index in [9.17, 15) is 43.2 Å². The molecule has 5 atom stereocenters. The van der Waals surface area contributed by atoms with Crippen molar-refractivity contribution in [2.24, 2.45) is 5.92 Å². The fourth-order valence-corrected chi connectivity index (χ4v) is 14.3. The van der Waals surface area contributed by atoms with Gasteiger partial charge in [0.05, 0.1) is 26.4 Å². The first-order valence-electron chi connectivity index (χ1n) is 42.6. The van der Waals surface area contributed by atoms with Crippen LogP contribution in [0.15, 0.2) is 0 Å². The first-order valence-corrected chi connectivity index (χ1v) is 45.6. The molecular weight excluding hydrogens is 1320 g/mol. The van der Waals surface area contributed by atoms with Gasteiger partial charge in [0.2, 0.25) is 0 Å². The van der Waals surface area contributed by atoms with Gasteiger partial charge in [-0.3, -0.25) is 37.3 Å². The number of hydrogen-bond acceptors (Lipinski definition) is 15. The molecule has 0 aromatic heterocycles. The van der Waals surface area contributed by atoms with Gasteiger partial charge in [0.15, 0.2) is 12.2 Å². The average molecular weight is 1480 g/mol. The van der Waals surface area contributed by atoms with Gasteiger partial charge in [-0.2, -0.15) is 0 Å². The SMILES string of the molecule is CCCCCCCCCCCCCCCCCCCCCCCC(=O)O[C@H](COC(=O)CCCCCCCCCCCCCCCCCCCCC)COP(=O)(O)OC[C@@H](O)COP(=O)(O)OC[C@@H](COC(=O)CCCCCCCCC(C)C)OC(=O)CCCCCCCCCCCCCC. The van der Waals surface area contributed by atoms with Gasteiger partial charge in [-0.05, 0) is 31.6 Å². The molecule has 0 radical (unpaired) electrons. The third-order valence-corrected chi connectivity index (χ3v) is 21.2. The van der Waals surface area contributed by atoms with Crippen LogP contribution in [0.2, 0.25) is 0 Å². The van der Waals surface area contributed by atoms with Gasteiger partial charge in [0.1, 0.15) is 19.3 Å². The number of esters is 4. The van der Waals surface area contributed by atoms with Crippen LogP contribution in [0.5, 0.6) is 0 Å². The molecule has 0 amide bonds. The summed E-state index contributed by atoms with van der Waals surface area (Å²) < 4.78 is 68.7. The molecule has 600 valence electrons. The standard InChI is InChI=1S/C82H160O17P2/c1-6-9-12-15-18-21-24-27-29-31-33-34-36-38-40-42-45-48-51-58-63-68-82(87)98-77(71-92-79(84)65-60-55-49-46-44-41-39-37-35-32-30-28-25-22-19-16-13-10-7-2)73-96-100(88,89)94-69-76(83)70-95-101(90,91)97-74-78(72-93-80(85)66-61-56-53-52-54-59-64-75(4)5)99-81(86)67-62-57-50-47-43-26-23-20-17-14-11-8-3/h75-78,83H,6-74H2,1-5H3,(H,88,89)(H,90,91)/t76-,77-,78-/m1/s1. The van der Waals surface area contributed by atoms with E-state index in [1.165, 1.54) is 257 Å². The second-order valence-corrected chi connectivity index (χ2v) is 32.9. The van der Waals surface area contributed by atoms with E-state index in [4.69, 9.17) is 37.0 Å². The molecule has 0 spiro atoms. The van der Waals surface area contributed by atoms with Crippen LogP contribution in [-0.4, -0.2) is 96.7 Å². The summed E-state index contributed by atoms with van der Waals surface area (Å²) in [5, 5.41) is 10.6. The molecule has 2 unspecified atom stereocenters. The molecule has 0 fully saturated rings. The molecule has 0 aromatic rings. The lowest BCUT2D eigenvalue weighted by Gasteiger charge is -2.21. The number of hydrogen-bond donors (Lipinski definition) is 3. The van der Waals surface area contributed by atoms with E-state index in [1.54, 1.807) is 0 Å². The molecule has 0 heterocycles. The van der Waals surface area contributed by atoms with Crippen molar-refractivity contribution >= 4 is 39.5 Å². The number of carbonyl (C=O) groups excluding carboxylic acids is 4. The first-order chi connectivity index (χ1) is 49.0. The second-order valence-electron chi connectivity index (χ2n) is 30.0. The fraction of sp³-hybridized carbons (Fsp3) is 0.951. The molecule has 0 aliphatic rings. The maximum absolute atomic E-state index is 13.1. The minimum atomic E-state index is -4.96. The molecule has 0 saturated carbocycles. The Morgan fingerprint density at radius 3 is 0.673 bits per heavy atom. The van der Waals surface area contributed by atoms with Crippen LogP contribution < -0.4 is 0 Å². The second kappa shape index (κ2) is 74.9. The summed E-state index contributed by atoms with van der Waals surface area (Å²) in [5.41, 5.74) is 0. The Balaban J connectivity index is 5.19.